The lowest BCUT2D eigenvalue weighted by atomic mass is 9.98. The van der Waals surface area contributed by atoms with E-state index in [-0.39, 0.29) is 23.1 Å². The van der Waals surface area contributed by atoms with Crippen molar-refractivity contribution < 1.29 is 18.0 Å². The fraction of sp³-hybridized carbons (Fsp3) is 0.500. The molecule has 1 aliphatic heterocycles. The van der Waals surface area contributed by atoms with Crippen LogP contribution >= 0.6 is 22.6 Å². The monoisotopic (exact) mass is 412 g/mol. The first-order valence-electron chi connectivity index (χ1n) is 6.68. The molecule has 2 rings (SSSR count). The average molecular weight is 412 g/mol. The number of hydrogen-bond acceptors (Lipinski definition) is 2. The number of hydrogen-bond donors (Lipinski definition) is 2. The Balaban J connectivity index is 2.21. The van der Waals surface area contributed by atoms with Gasteiger partial charge >= 0.3 is 6.18 Å². The summed E-state index contributed by atoms with van der Waals surface area (Å²) in [6.07, 6.45) is -2.76. The summed E-state index contributed by atoms with van der Waals surface area (Å²) in [4.78, 5) is 12.1. The molecule has 1 aromatic rings. The molecular formula is C14H16F3IN2O. The summed E-state index contributed by atoms with van der Waals surface area (Å²) >= 11 is 1.94. The van der Waals surface area contributed by atoms with Crippen molar-refractivity contribution in [3.05, 3.63) is 26.8 Å². The Bertz CT molecular complexity index is 540. The molecule has 1 heterocycles. The summed E-state index contributed by atoms with van der Waals surface area (Å²) in [5, 5.41) is 5.75. The largest absolute Gasteiger partial charge is 0.416 e. The Kier molecular flexibility index (Phi) is 5.13. The number of piperidine rings is 1. The second-order valence-corrected chi connectivity index (χ2v) is 6.34. The molecule has 0 radical (unpaired) electrons. The minimum Gasteiger partial charge on any atom is -0.325 e. The highest BCUT2D eigenvalue weighted by atomic mass is 127. The summed E-state index contributed by atoms with van der Waals surface area (Å²) in [7, 11) is 0. The third-order valence-electron chi connectivity index (χ3n) is 3.54. The zero-order valence-corrected chi connectivity index (χ0v) is 13.6. The molecular weight excluding hydrogens is 396 g/mol. The van der Waals surface area contributed by atoms with Crippen LogP contribution in [-0.4, -0.2) is 19.0 Å². The van der Waals surface area contributed by atoms with Crippen molar-refractivity contribution in [1.82, 2.24) is 5.32 Å². The number of anilines is 1. The van der Waals surface area contributed by atoms with Crippen LogP contribution in [0.2, 0.25) is 0 Å². The third-order valence-corrected chi connectivity index (χ3v) is 4.44. The Labute approximate surface area is 134 Å². The number of alkyl halides is 3. The summed E-state index contributed by atoms with van der Waals surface area (Å²) in [6.45, 7) is 2.87. The number of nitrogens with one attached hydrogen (secondary N) is 2. The van der Waals surface area contributed by atoms with Crippen molar-refractivity contribution in [3.8, 4) is 0 Å². The minimum absolute atomic E-state index is 0.157. The number of carbonyl (C=O) groups excluding carboxylic acids is 1. The van der Waals surface area contributed by atoms with Crippen LogP contribution in [0.1, 0.15) is 24.0 Å². The van der Waals surface area contributed by atoms with Gasteiger partial charge in [0.15, 0.2) is 0 Å². The average Bonchev–Trinajstić information content (AvgIpc) is 2.41. The maximum absolute atomic E-state index is 12.9. The van der Waals surface area contributed by atoms with Crippen LogP contribution in [0.25, 0.3) is 0 Å². The Hall–Kier alpha value is -0.830. The van der Waals surface area contributed by atoms with Crippen molar-refractivity contribution >= 4 is 34.2 Å². The van der Waals surface area contributed by atoms with Crippen molar-refractivity contribution in [2.75, 3.05) is 18.4 Å². The van der Waals surface area contributed by atoms with Gasteiger partial charge in [-0.2, -0.15) is 13.2 Å². The molecule has 21 heavy (non-hydrogen) atoms. The van der Waals surface area contributed by atoms with Gasteiger partial charge in [0, 0.05) is 10.1 Å². The molecule has 1 unspecified atom stereocenters. The predicted molar refractivity (Wildman–Crippen MR) is 83.1 cm³/mol. The molecule has 1 aromatic carbocycles. The molecule has 0 aromatic heterocycles. The maximum Gasteiger partial charge on any atom is 0.416 e. The number of carbonyl (C=O) groups is 1. The predicted octanol–water partition coefficient (Wildman–Crippen LogP) is 3.56. The highest BCUT2D eigenvalue weighted by Crippen LogP contribution is 2.35. The Morgan fingerprint density at radius 2 is 2.14 bits per heavy atom. The van der Waals surface area contributed by atoms with Gasteiger partial charge in [-0.1, -0.05) is 0 Å². The zero-order valence-electron chi connectivity index (χ0n) is 11.5. The Morgan fingerprint density at radius 1 is 1.43 bits per heavy atom. The minimum atomic E-state index is -4.42. The molecule has 1 aliphatic rings. The first-order chi connectivity index (χ1) is 9.79. The topological polar surface area (TPSA) is 41.1 Å². The van der Waals surface area contributed by atoms with E-state index in [2.05, 4.69) is 10.6 Å². The van der Waals surface area contributed by atoms with Crippen LogP contribution in [0, 0.1) is 16.4 Å². The molecule has 3 nitrogen and oxygen atoms in total. The van der Waals surface area contributed by atoms with E-state index < -0.39 is 11.7 Å². The first kappa shape index (κ1) is 16.5. The number of halogens is 4. The Morgan fingerprint density at radius 3 is 2.71 bits per heavy atom. The molecule has 1 amide bonds. The molecule has 1 atom stereocenters. The molecule has 1 fully saturated rings. The van der Waals surface area contributed by atoms with Gasteiger partial charge < -0.3 is 10.6 Å². The zero-order chi connectivity index (χ0) is 15.6. The number of benzene rings is 1. The molecule has 0 saturated carbocycles. The SMILES string of the molecule is Cc1cc(I)c(NC(=O)C2CCCNC2)cc1C(F)(F)F. The van der Waals surface area contributed by atoms with E-state index in [1.54, 1.807) is 0 Å². The van der Waals surface area contributed by atoms with E-state index >= 15 is 0 Å². The smallest absolute Gasteiger partial charge is 0.325 e. The number of rotatable bonds is 2. The highest BCUT2D eigenvalue weighted by Gasteiger charge is 2.33. The van der Waals surface area contributed by atoms with Crippen LogP contribution in [0.15, 0.2) is 12.1 Å². The third kappa shape index (κ3) is 4.09. The van der Waals surface area contributed by atoms with Crippen molar-refractivity contribution in [3.63, 3.8) is 0 Å². The lowest BCUT2D eigenvalue weighted by molar-refractivity contribution is -0.138. The van der Waals surface area contributed by atoms with E-state index in [1.165, 1.54) is 13.0 Å². The molecule has 7 heteroatoms. The van der Waals surface area contributed by atoms with Gasteiger partial charge in [-0.15, -0.1) is 0 Å². The normalized spacial score (nSPS) is 19.4. The van der Waals surface area contributed by atoms with Gasteiger partial charge in [0.2, 0.25) is 5.91 Å². The van der Waals surface area contributed by atoms with Gasteiger partial charge in [0.25, 0.3) is 0 Å². The molecule has 2 N–H and O–H groups in total. The van der Waals surface area contributed by atoms with E-state index in [0.29, 0.717) is 10.1 Å². The fourth-order valence-electron chi connectivity index (χ4n) is 2.38. The quantitative estimate of drug-likeness (QED) is 0.730. The van der Waals surface area contributed by atoms with Crippen LogP contribution in [0.4, 0.5) is 18.9 Å². The summed E-state index contributed by atoms with van der Waals surface area (Å²) in [5.74, 6) is -0.415. The molecule has 1 saturated heterocycles. The van der Waals surface area contributed by atoms with Crippen LogP contribution in [0.5, 0.6) is 0 Å². The second-order valence-electron chi connectivity index (χ2n) is 5.18. The van der Waals surface area contributed by atoms with Crippen LogP contribution in [0.3, 0.4) is 0 Å². The lowest BCUT2D eigenvalue weighted by Crippen LogP contribution is -2.37. The van der Waals surface area contributed by atoms with E-state index in [4.69, 9.17) is 0 Å². The van der Waals surface area contributed by atoms with Gasteiger partial charge in [0.1, 0.15) is 0 Å². The van der Waals surface area contributed by atoms with Crippen molar-refractivity contribution in [2.24, 2.45) is 5.92 Å². The first-order valence-corrected chi connectivity index (χ1v) is 7.76. The van der Waals surface area contributed by atoms with E-state index in [1.807, 2.05) is 22.6 Å². The van der Waals surface area contributed by atoms with Crippen molar-refractivity contribution in [2.45, 2.75) is 25.9 Å². The second kappa shape index (κ2) is 6.51. The summed E-state index contributed by atoms with van der Waals surface area (Å²) in [6, 6.07) is 2.46. The van der Waals surface area contributed by atoms with E-state index in [0.717, 1.165) is 25.5 Å². The van der Waals surface area contributed by atoms with Crippen LogP contribution < -0.4 is 10.6 Å². The highest BCUT2D eigenvalue weighted by molar-refractivity contribution is 14.1. The van der Waals surface area contributed by atoms with Gasteiger partial charge in [-0.3, -0.25) is 4.79 Å². The van der Waals surface area contributed by atoms with E-state index in [9.17, 15) is 18.0 Å². The number of amides is 1. The molecule has 0 spiro atoms. The van der Waals surface area contributed by atoms with Gasteiger partial charge in [0.05, 0.1) is 17.2 Å². The number of aryl methyl sites for hydroxylation is 1. The summed E-state index contributed by atoms with van der Waals surface area (Å²) in [5.41, 5.74) is -0.326. The van der Waals surface area contributed by atoms with Crippen LogP contribution in [-0.2, 0) is 11.0 Å². The lowest BCUT2D eigenvalue weighted by Gasteiger charge is -2.22. The molecule has 0 bridgehead atoms. The molecule has 0 aliphatic carbocycles. The van der Waals surface area contributed by atoms with Crippen molar-refractivity contribution in [1.29, 1.82) is 0 Å². The molecule has 116 valence electrons. The van der Waals surface area contributed by atoms with Gasteiger partial charge in [-0.05, 0) is 66.6 Å². The maximum atomic E-state index is 12.9. The standard InChI is InChI=1S/C14H16F3IN2O/c1-8-5-11(18)12(6-10(8)14(15,16)17)20-13(21)9-3-2-4-19-7-9/h5-6,9,19H,2-4,7H2,1H3,(H,20,21). The van der Waals surface area contributed by atoms with Gasteiger partial charge in [-0.25, -0.2) is 0 Å². The summed E-state index contributed by atoms with van der Waals surface area (Å²) < 4.78 is 39.4. The fourth-order valence-corrected chi connectivity index (χ4v) is 3.14.